The molecule has 2 N–H and O–H groups in total. The number of nitrogens with one attached hydrogen (secondary N) is 2. The summed E-state index contributed by atoms with van der Waals surface area (Å²) in [4.78, 5) is 11.5. The van der Waals surface area contributed by atoms with Crippen LogP contribution in [0.3, 0.4) is 0 Å². The lowest BCUT2D eigenvalue weighted by molar-refractivity contribution is -0.121. The minimum absolute atomic E-state index is 0.0867. The first-order valence-corrected chi connectivity index (χ1v) is 6.44. The molecule has 1 aliphatic carbocycles. The molecular weight excluding hydrogens is 228 g/mol. The van der Waals surface area contributed by atoms with Crippen LogP contribution in [0.4, 0.5) is 0 Å². The predicted molar refractivity (Wildman–Crippen MR) is 70.5 cm³/mol. The van der Waals surface area contributed by atoms with Crippen molar-refractivity contribution in [3.8, 4) is 5.75 Å². The quantitative estimate of drug-likeness (QED) is 0.768. The minimum atomic E-state index is 0.0867. The van der Waals surface area contributed by atoms with Gasteiger partial charge in [-0.1, -0.05) is 18.2 Å². The highest BCUT2D eigenvalue weighted by atomic mass is 16.5. The number of carbonyl (C=O) groups excluding carboxylic acids is 1. The van der Waals surface area contributed by atoms with Crippen molar-refractivity contribution in [1.82, 2.24) is 10.6 Å². The molecule has 0 bridgehead atoms. The lowest BCUT2D eigenvalue weighted by Gasteiger charge is -2.11. The molecule has 1 aromatic carbocycles. The van der Waals surface area contributed by atoms with E-state index in [9.17, 15) is 4.79 Å². The van der Waals surface area contributed by atoms with Crippen molar-refractivity contribution in [2.24, 2.45) is 0 Å². The summed E-state index contributed by atoms with van der Waals surface area (Å²) in [6.07, 6.45) is 2.67. The van der Waals surface area contributed by atoms with Gasteiger partial charge in [0, 0.05) is 18.2 Å². The Labute approximate surface area is 108 Å². The average Bonchev–Trinajstić information content (AvgIpc) is 3.15. The lowest BCUT2D eigenvalue weighted by Crippen LogP contribution is -2.26. The highest BCUT2D eigenvalue weighted by Gasteiger charge is 2.22. The van der Waals surface area contributed by atoms with E-state index in [4.69, 9.17) is 4.74 Å². The Hall–Kier alpha value is -1.55. The summed E-state index contributed by atoms with van der Waals surface area (Å²) in [6, 6.07) is 8.31. The summed E-state index contributed by atoms with van der Waals surface area (Å²) in [7, 11) is 1.90. The Balaban J connectivity index is 1.76. The topological polar surface area (TPSA) is 50.4 Å². The van der Waals surface area contributed by atoms with Crippen molar-refractivity contribution < 1.29 is 9.53 Å². The fraction of sp³-hybridized carbons (Fsp3) is 0.500. The van der Waals surface area contributed by atoms with E-state index in [1.165, 1.54) is 0 Å². The molecule has 18 heavy (non-hydrogen) atoms. The maximum atomic E-state index is 11.5. The number of para-hydroxylation sites is 1. The van der Waals surface area contributed by atoms with Crippen molar-refractivity contribution in [3.05, 3.63) is 29.8 Å². The first-order chi connectivity index (χ1) is 8.79. The number of amides is 1. The molecule has 98 valence electrons. The van der Waals surface area contributed by atoms with Crippen LogP contribution in [0.1, 0.15) is 24.8 Å². The average molecular weight is 248 g/mol. The van der Waals surface area contributed by atoms with Gasteiger partial charge in [0.15, 0.2) is 0 Å². The fourth-order valence-corrected chi connectivity index (χ4v) is 1.76. The van der Waals surface area contributed by atoms with Crippen LogP contribution in [-0.4, -0.2) is 25.6 Å². The Morgan fingerprint density at radius 1 is 1.39 bits per heavy atom. The molecule has 0 aromatic heterocycles. The molecule has 1 aliphatic rings. The molecule has 1 amide bonds. The Morgan fingerprint density at radius 3 is 2.89 bits per heavy atom. The van der Waals surface area contributed by atoms with Crippen LogP contribution in [0, 0.1) is 0 Å². The summed E-state index contributed by atoms with van der Waals surface area (Å²) in [5.41, 5.74) is 1.11. The second-order valence-corrected chi connectivity index (χ2v) is 4.58. The summed E-state index contributed by atoms with van der Waals surface area (Å²) in [6.45, 7) is 1.20. The SMILES string of the molecule is CNCc1ccccc1OCCC(=O)NC1CC1. The van der Waals surface area contributed by atoms with Crippen LogP contribution in [0.2, 0.25) is 0 Å². The zero-order valence-electron chi connectivity index (χ0n) is 10.7. The molecule has 0 unspecified atom stereocenters. The highest BCUT2D eigenvalue weighted by molar-refractivity contribution is 5.76. The number of carbonyl (C=O) groups is 1. The molecule has 1 fully saturated rings. The van der Waals surface area contributed by atoms with E-state index < -0.39 is 0 Å². The molecule has 0 atom stereocenters. The van der Waals surface area contributed by atoms with Gasteiger partial charge in [0.05, 0.1) is 13.0 Å². The van der Waals surface area contributed by atoms with Gasteiger partial charge in [0.2, 0.25) is 5.91 Å². The van der Waals surface area contributed by atoms with Crippen molar-refractivity contribution in [3.63, 3.8) is 0 Å². The zero-order chi connectivity index (χ0) is 12.8. The standard InChI is InChI=1S/C14H20N2O2/c1-15-10-11-4-2-3-5-13(11)18-9-8-14(17)16-12-6-7-12/h2-5,12,15H,6-10H2,1H3,(H,16,17). The van der Waals surface area contributed by atoms with Crippen LogP contribution < -0.4 is 15.4 Å². The van der Waals surface area contributed by atoms with E-state index in [1.54, 1.807) is 0 Å². The minimum Gasteiger partial charge on any atom is -0.493 e. The normalized spacial score (nSPS) is 14.3. The van der Waals surface area contributed by atoms with Crippen LogP contribution in [0.15, 0.2) is 24.3 Å². The van der Waals surface area contributed by atoms with E-state index >= 15 is 0 Å². The zero-order valence-corrected chi connectivity index (χ0v) is 10.7. The van der Waals surface area contributed by atoms with Gasteiger partial charge in [0.1, 0.15) is 5.75 Å². The maximum absolute atomic E-state index is 11.5. The largest absolute Gasteiger partial charge is 0.493 e. The third-order valence-electron chi connectivity index (χ3n) is 2.87. The Bertz CT molecular complexity index is 403. The first-order valence-electron chi connectivity index (χ1n) is 6.44. The molecule has 2 rings (SSSR count). The van der Waals surface area contributed by atoms with Crippen LogP contribution in [-0.2, 0) is 11.3 Å². The van der Waals surface area contributed by atoms with Crippen molar-refractivity contribution in [2.45, 2.75) is 31.8 Å². The molecule has 0 spiro atoms. The molecule has 0 saturated heterocycles. The second kappa shape index (κ2) is 6.40. The van der Waals surface area contributed by atoms with Crippen molar-refractivity contribution >= 4 is 5.91 Å². The highest BCUT2D eigenvalue weighted by Crippen LogP contribution is 2.19. The molecule has 0 aliphatic heterocycles. The summed E-state index contributed by atoms with van der Waals surface area (Å²) < 4.78 is 5.66. The molecule has 1 aromatic rings. The number of hydrogen-bond donors (Lipinski definition) is 2. The Kier molecular flexibility index (Phi) is 4.59. The summed E-state index contributed by atoms with van der Waals surface area (Å²) in [5.74, 6) is 0.940. The predicted octanol–water partition coefficient (Wildman–Crippen LogP) is 1.45. The van der Waals surface area contributed by atoms with Gasteiger partial charge in [-0.05, 0) is 26.0 Å². The molecular formula is C14H20N2O2. The summed E-state index contributed by atoms with van der Waals surface area (Å²) in [5, 5.41) is 6.05. The monoisotopic (exact) mass is 248 g/mol. The van der Waals surface area contributed by atoms with E-state index in [-0.39, 0.29) is 5.91 Å². The third kappa shape index (κ3) is 4.04. The smallest absolute Gasteiger partial charge is 0.223 e. The summed E-state index contributed by atoms with van der Waals surface area (Å²) >= 11 is 0. The molecule has 0 radical (unpaired) electrons. The van der Waals surface area contributed by atoms with Gasteiger partial charge in [-0.15, -0.1) is 0 Å². The van der Waals surface area contributed by atoms with Gasteiger partial charge in [-0.2, -0.15) is 0 Å². The van der Waals surface area contributed by atoms with Crippen LogP contribution >= 0.6 is 0 Å². The van der Waals surface area contributed by atoms with Gasteiger partial charge in [0.25, 0.3) is 0 Å². The lowest BCUT2D eigenvalue weighted by atomic mass is 10.2. The molecule has 4 nitrogen and oxygen atoms in total. The number of benzene rings is 1. The number of hydrogen-bond acceptors (Lipinski definition) is 3. The van der Waals surface area contributed by atoms with Crippen LogP contribution in [0.25, 0.3) is 0 Å². The van der Waals surface area contributed by atoms with Gasteiger partial charge < -0.3 is 15.4 Å². The number of ether oxygens (including phenoxy) is 1. The van der Waals surface area contributed by atoms with E-state index in [2.05, 4.69) is 10.6 Å². The maximum Gasteiger partial charge on any atom is 0.223 e. The fourth-order valence-electron chi connectivity index (χ4n) is 1.76. The second-order valence-electron chi connectivity index (χ2n) is 4.58. The van der Waals surface area contributed by atoms with Crippen molar-refractivity contribution in [1.29, 1.82) is 0 Å². The molecule has 1 saturated carbocycles. The van der Waals surface area contributed by atoms with Crippen LogP contribution in [0.5, 0.6) is 5.75 Å². The van der Waals surface area contributed by atoms with E-state index in [0.717, 1.165) is 30.7 Å². The molecule has 0 heterocycles. The van der Waals surface area contributed by atoms with Crippen molar-refractivity contribution in [2.75, 3.05) is 13.7 Å². The Morgan fingerprint density at radius 2 is 2.17 bits per heavy atom. The third-order valence-corrected chi connectivity index (χ3v) is 2.87. The van der Waals surface area contributed by atoms with Gasteiger partial charge in [-0.3, -0.25) is 4.79 Å². The van der Waals surface area contributed by atoms with E-state index in [1.807, 2.05) is 31.3 Å². The van der Waals surface area contributed by atoms with E-state index in [0.29, 0.717) is 19.1 Å². The first kappa shape index (κ1) is 12.9. The molecule has 4 heteroatoms. The number of rotatable bonds is 7. The van der Waals surface area contributed by atoms with Gasteiger partial charge >= 0.3 is 0 Å². The van der Waals surface area contributed by atoms with Gasteiger partial charge in [-0.25, -0.2) is 0 Å².